The second-order valence-corrected chi connectivity index (χ2v) is 4.02. The second-order valence-electron chi connectivity index (χ2n) is 4.02. The molecule has 1 rings (SSSR count). The first kappa shape index (κ1) is 10.3. The topological polar surface area (TPSA) is 19.9 Å². The highest BCUT2D eigenvalue weighted by Gasteiger charge is 2.15. The Labute approximate surface area is 80.4 Å². The Morgan fingerprint density at radius 1 is 1.15 bits per heavy atom. The van der Waals surface area contributed by atoms with Crippen molar-refractivity contribution in [2.45, 2.75) is 33.8 Å². The molecular weight excluding hydrogens is 160 g/mol. The number of benzene rings is 1. The first-order chi connectivity index (χ1) is 6.02. The lowest BCUT2D eigenvalue weighted by molar-refractivity contribution is 0.0483. The van der Waals surface area contributed by atoms with Gasteiger partial charge in [-0.2, -0.15) is 0 Å². The minimum atomic E-state index is -0.583. The van der Waals surface area contributed by atoms with Gasteiger partial charge in [0, 0.05) is 0 Å². The summed E-state index contributed by atoms with van der Waals surface area (Å²) in [6.45, 7) is 8.00. The molecule has 1 atom stereocenters. The molecule has 0 N–H and O–H groups in total. The molecule has 1 unspecified atom stereocenters. The van der Waals surface area contributed by atoms with Crippen molar-refractivity contribution < 1.29 is 5.11 Å². The summed E-state index contributed by atoms with van der Waals surface area (Å²) < 4.78 is 0. The Morgan fingerprint density at radius 3 is 2.23 bits per heavy atom. The third-order valence-corrected chi connectivity index (χ3v) is 2.34. The van der Waals surface area contributed by atoms with Crippen LogP contribution in [0.3, 0.4) is 0 Å². The van der Waals surface area contributed by atoms with Crippen molar-refractivity contribution in [2.24, 2.45) is 5.92 Å². The van der Waals surface area contributed by atoms with Crippen LogP contribution in [0.15, 0.2) is 18.2 Å². The molecule has 0 aliphatic heterocycles. The number of rotatable bonds is 2. The normalized spacial score (nSPS) is 13.4. The first-order valence-electron chi connectivity index (χ1n) is 4.75. The molecule has 0 heterocycles. The van der Waals surface area contributed by atoms with Gasteiger partial charge in [-0.3, -0.25) is 0 Å². The van der Waals surface area contributed by atoms with Gasteiger partial charge in [0.2, 0.25) is 0 Å². The smallest absolute Gasteiger partial charge is 0.120 e. The molecule has 0 saturated carbocycles. The van der Waals surface area contributed by atoms with Crippen LogP contribution in [0.25, 0.3) is 0 Å². The zero-order valence-electron chi connectivity index (χ0n) is 8.79. The van der Waals surface area contributed by atoms with Gasteiger partial charge in [0.1, 0.15) is 6.10 Å². The van der Waals surface area contributed by atoms with Crippen molar-refractivity contribution in [2.75, 3.05) is 0 Å². The lowest BCUT2D eigenvalue weighted by Gasteiger charge is -2.15. The van der Waals surface area contributed by atoms with Crippen molar-refractivity contribution in [1.29, 1.82) is 0 Å². The molecule has 0 aromatic heterocycles. The first-order valence-corrected chi connectivity index (χ1v) is 4.75. The Hall–Kier alpha value is -0.820. The minimum Gasteiger partial charge on any atom is -0.228 e. The molecule has 71 valence electrons. The lowest BCUT2D eigenvalue weighted by Crippen LogP contribution is -2.05. The zero-order valence-corrected chi connectivity index (χ0v) is 8.79. The molecule has 0 saturated heterocycles. The molecule has 0 amide bonds. The molecule has 0 fully saturated rings. The molecule has 1 heteroatoms. The van der Waals surface area contributed by atoms with Crippen LogP contribution < -0.4 is 0 Å². The Balaban J connectivity index is 3.01. The van der Waals surface area contributed by atoms with Gasteiger partial charge < -0.3 is 0 Å². The fraction of sp³-hybridized carbons (Fsp3) is 0.500. The van der Waals surface area contributed by atoms with Gasteiger partial charge in [0.15, 0.2) is 0 Å². The molecule has 0 bridgehead atoms. The van der Waals surface area contributed by atoms with Crippen LogP contribution in [-0.2, 0) is 5.11 Å². The van der Waals surface area contributed by atoms with E-state index in [4.69, 9.17) is 0 Å². The van der Waals surface area contributed by atoms with E-state index >= 15 is 0 Å². The van der Waals surface area contributed by atoms with Crippen molar-refractivity contribution in [3.8, 4) is 0 Å². The number of hydrogen-bond donors (Lipinski definition) is 0. The van der Waals surface area contributed by atoms with E-state index in [0.29, 0.717) is 0 Å². The van der Waals surface area contributed by atoms with E-state index in [1.165, 1.54) is 5.56 Å². The number of hydrogen-bond acceptors (Lipinski definition) is 0. The van der Waals surface area contributed by atoms with Gasteiger partial charge in [-0.25, -0.2) is 5.11 Å². The average molecular weight is 177 g/mol. The second kappa shape index (κ2) is 3.93. The summed E-state index contributed by atoms with van der Waals surface area (Å²) in [5.41, 5.74) is 3.28. The summed E-state index contributed by atoms with van der Waals surface area (Å²) in [6.07, 6.45) is -0.583. The maximum Gasteiger partial charge on any atom is 0.120 e. The summed E-state index contributed by atoms with van der Waals surface area (Å²) in [7, 11) is 0. The summed E-state index contributed by atoms with van der Waals surface area (Å²) in [6, 6.07) is 6.04. The molecule has 13 heavy (non-hydrogen) atoms. The molecule has 1 radical (unpaired) electrons. The van der Waals surface area contributed by atoms with Gasteiger partial charge >= 0.3 is 0 Å². The maximum absolute atomic E-state index is 11.8. The predicted octanol–water partition coefficient (Wildman–Crippen LogP) is 3.43. The van der Waals surface area contributed by atoms with E-state index in [0.717, 1.165) is 11.1 Å². The van der Waals surface area contributed by atoms with Crippen LogP contribution in [-0.4, -0.2) is 0 Å². The SMILES string of the molecule is Cc1ccc(C([O])C(C)C)c(C)c1. The average Bonchev–Trinajstić information content (AvgIpc) is 2.03. The van der Waals surface area contributed by atoms with Crippen LogP contribution in [0.5, 0.6) is 0 Å². The van der Waals surface area contributed by atoms with E-state index < -0.39 is 6.10 Å². The van der Waals surface area contributed by atoms with Crippen molar-refractivity contribution in [1.82, 2.24) is 0 Å². The Morgan fingerprint density at radius 2 is 1.77 bits per heavy atom. The van der Waals surface area contributed by atoms with Gasteiger partial charge in [-0.15, -0.1) is 0 Å². The predicted molar refractivity (Wildman–Crippen MR) is 54.2 cm³/mol. The van der Waals surface area contributed by atoms with E-state index in [2.05, 4.69) is 6.07 Å². The quantitative estimate of drug-likeness (QED) is 0.659. The lowest BCUT2D eigenvalue weighted by atomic mass is 9.94. The Kier molecular flexibility index (Phi) is 3.10. The Bertz CT molecular complexity index is 289. The largest absolute Gasteiger partial charge is 0.228 e. The summed E-state index contributed by atoms with van der Waals surface area (Å²) in [4.78, 5) is 0. The fourth-order valence-electron chi connectivity index (χ4n) is 1.50. The molecule has 1 nitrogen and oxygen atoms in total. The van der Waals surface area contributed by atoms with E-state index in [1.54, 1.807) is 0 Å². The standard InChI is InChI=1S/C12H17O/c1-8(2)12(13)11-6-5-9(3)7-10(11)4/h5-8,12H,1-4H3. The molecule has 1 aromatic rings. The van der Waals surface area contributed by atoms with Crippen LogP contribution in [0, 0.1) is 19.8 Å². The highest BCUT2D eigenvalue weighted by Crippen LogP contribution is 2.25. The van der Waals surface area contributed by atoms with Crippen LogP contribution in [0.1, 0.15) is 36.6 Å². The third kappa shape index (κ3) is 2.31. The van der Waals surface area contributed by atoms with E-state index in [9.17, 15) is 5.11 Å². The molecular formula is C12H17O. The summed E-state index contributed by atoms with van der Waals surface area (Å²) >= 11 is 0. The van der Waals surface area contributed by atoms with Crippen LogP contribution in [0.4, 0.5) is 0 Å². The van der Waals surface area contributed by atoms with Crippen molar-refractivity contribution >= 4 is 0 Å². The van der Waals surface area contributed by atoms with Crippen molar-refractivity contribution in [3.63, 3.8) is 0 Å². The molecule has 0 aliphatic rings. The van der Waals surface area contributed by atoms with Gasteiger partial charge in [0.25, 0.3) is 0 Å². The van der Waals surface area contributed by atoms with Gasteiger partial charge in [0.05, 0.1) is 0 Å². The maximum atomic E-state index is 11.8. The monoisotopic (exact) mass is 177 g/mol. The van der Waals surface area contributed by atoms with Gasteiger partial charge in [-0.1, -0.05) is 37.6 Å². The summed E-state index contributed by atoms with van der Waals surface area (Å²) in [5, 5.41) is 11.8. The highest BCUT2D eigenvalue weighted by atomic mass is 16.3. The molecule has 1 aromatic carbocycles. The van der Waals surface area contributed by atoms with Crippen LogP contribution >= 0.6 is 0 Å². The highest BCUT2D eigenvalue weighted by molar-refractivity contribution is 5.32. The summed E-state index contributed by atoms with van der Waals surface area (Å²) in [5.74, 6) is 0.168. The molecule has 0 spiro atoms. The van der Waals surface area contributed by atoms with Crippen LogP contribution in [0.2, 0.25) is 0 Å². The zero-order chi connectivity index (χ0) is 10.0. The third-order valence-electron chi connectivity index (χ3n) is 2.34. The van der Waals surface area contributed by atoms with E-state index in [-0.39, 0.29) is 5.92 Å². The van der Waals surface area contributed by atoms with Crippen molar-refractivity contribution in [3.05, 3.63) is 34.9 Å². The van der Waals surface area contributed by atoms with Gasteiger partial charge in [-0.05, 0) is 30.9 Å². The minimum absolute atomic E-state index is 0.168. The fourth-order valence-corrected chi connectivity index (χ4v) is 1.50. The molecule has 0 aliphatic carbocycles. The van der Waals surface area contributed by atoms with E-state index in [1.807, 2.05) is 39.8 Å². The number of aryl methyl sites for hydroxylation is 2.